The number of methoxy groups -OCH3 is 1. The van der Waals surface area contributed by atoms with Crippen LogP contribution < -0.4 is 5.32 Å². The van der Waals surface area contributed by atoms with Gasteiger partial charge in [-0.2, -0.15) is 4.31 Å². The molecule has 0 spiro atoms. The molecule has 1 aromatic carbocycles. The van der Waals surface area contributed by atoms with Crippen LogP contribution in [0.3, 0.4) is 0 Å². The molecule has 1 aliphatic carbocycles. The number of carbonyl (C=O) groups excluding carboxylic acids is 2. The number of carbonyl (C=O) groups is 2. The van der Waals surface area contributed by atoms with Crippen molar-refractivity contribution >= 4 is 22.1 Å². The van der Waals surface area contributed by atoms with Crippen molar-refractivity contribution < 1.29 is 27.5 Å². The fourth-order valence-electron chi connectivity index (χ4n) is 3.50. The van der Waals surface area contributed by atoms with Crippen LogP contribution in [0.1, 0.15) is 52.0 Å². The molecule has 0 heterocycles. The van der Waals surface area contributed by atoms with Crippen molar-refractivity contribution in [2.75, 3.05) is 13.7 Å². The maximum absolute atomic E-state index is 13.4. The van der Waals surface area contributed by atoms with Crippen LogP contribution in [-0.2, 0) is 24.3 Å². The second-order valence-electron chi connectivity index (χ2n) is 8.54. The number of nitrogens with zero attached hydrogens (tertiary/aromatic N) is 1. The van der Waals surface area contributed by atoms with E-state index in [0.29, 0.717) is 12.8 Å². The number of sulfonamides is 1. The second-order valence-corrected chi connectivity index (χ2v) is 10.4. The van der Waals surface area contributed by atoms with Gasteiger partial charge in [-0.1, -0.05) is 30.5 Å². The van der Waals surface area contributed by atoms with Crippen LogP contribution >= 0.6 is 0 Å². The Labute approximate surface area is 179 Å². The lowest BCUT2D eigenvalue weighted by atomic mass is 9.90. The molecule has 30 heavy (non-hydrogen) atoms. The zero-order valence-electron chi connectivity index (χ0n) is 18.3. The van der Waals surface area contributed by atoms with E-state index in [4.69, 9.17) is 9.47 Å². The Kier molecular flexibility index (Phi) is 7.87. The first-order valence-electron chi connectivity index (χ1n) is 10.1. The molecule has 0 radical (unpaired) electrons. The predicted octanol–water partition coefficient (Wildman–Crippen LogP) is 2.99. The predicted molar refractivity (Wildman–Crippen MR) is 113 cm³/mol. The molecule has 0 aliphatic heterocycles. The standard InChI is InChI=1S/C21H32N2O6S/c1-15-10-12-16(13-11-15)30(26,27)23(14-19(24)28-5)18-9-7-6-8-17(18)22-20(25)29-21(2,3)4/h10-13,17-18H,6-9,14H2,1-5H3,(H,22,25). The number of benzene rings is 1. The number of rotatable bonds is 6. The molecule has 1 fully saturated rings. The topological polar surface area (TPSA) is 102 Å². The van der Waals surface area contributed by atoms with Gasteiger partial charge in [-0.25, -0.2) is 13.2 Å². The van der Waals surface area contributed by atoms with E-state index in [1.165, 1.54) is 19.2 Å². The molecule has 168 valence electrons. The Balaban J connectivity index is 2.36. The average molecular weight is 441 g/mol. The third-order valence-corrected chi connectivity index (χ3v) is 6.83. The summed E-state index contributed by atoms with van der Waals surface area (Å²) in [5.41, 5.74) is 0.254. The zero-order valence-corrected chi connectivity index (χ0v) is 19.1. The van der Waals surface area contributed by atoms with E-state index in [1.54, 1.807) is 32.9 Å². The molecule has 0 saturated heterocycles. The maximum Gasteiger partial charge on any atom is 0.407 e. The van der Waals surface area contributed by atoms with Gasteiger partial charge in [0.2, 0.25) is 10.0 Å². The lowest BCUT2D eigenvalue weighted by Gasteiger charge is -2.39. The monoisotopic (exact) mass is 440 g/mol. The van der Waals surface area contributed by atoms with Crippen LogP contribution in [0.15, 0.2) is 29.2 Å². The molecule has 1 aromatic rings. The Morgan fingerprint density at radius 3 is 2.30 bits per heavy atom. The highest BCUT2D eigenvalue weighted by Crippen LogP contribution is 2.29. The summed E-state index contributed by atoms with van der Waals surface area (Å²) in [7, 11) is -2.77. The van der Waals surface area contributed by atoms with Gasteiger partial charge < -0.3 is 14.8 Å². The number of amides is 1. The molecule has 8 nitrogen and oxygen atoms in total. The minimum Gasteiger partial charge on any atom is -0.468 e. The van der Waals surface area contributed by atoms with Crippen molar-refractivity contribution in [1.82, 2.24) is 9.62 Å². The molecule has 0 aromatic heterocycles. The quantitative estimate of drug-likeness (QED) is 0.683. The van der Waals surface area contributed by atoms with Gasteiger partial charge >= 0.3 is 12.1 Å². The fraction of sp³-hybridized carbons (Fsp3) is 0.619. The second kappa shape index (κ2) is 9.78. The van der Waals surface area contributed by atoms with Crippen molar-refractivity contribution in [2.45, 2.75) is 76.0 Å². The van der Waals surface area contributed by atoms with Crippen molar-refractivity contribution in [2.24, 2.45) is 0 Å². The van der Waals surface area contributed by atoms with Crippen LogP contribution in [0.25, 0.3) is 0 Å². The molecular formula is C21H32N2O6S. The third kappa shape index (κ3) is 6.43. The number of hydrogen-bond donors (Lipinski definition) is 1. The molecule has 2 rings (SSSR count). The minimum absolute atomic E-state index is 0.0959. The fourth-order valence-corrected chi connectivity index (χ4v) is 5.14. The van der Waals surface area contributed by atoms with Gasteiger partial charge in [0.25, 0.3) is 0 Å². The van der Waals surface area contributed by atoms with E-state index in [2.05, 4.69) is 5.32 Å². The van der Waals surface area contributed by atoms with E-state index in [9.17, 15) is 18.0 Å². The van der Waals surface area contributed by atoms with Crippen LogP contribution in [0.2, 0.25) is 0 Å². The molecule has 2 atom stereocenters. The van der Waals surface area contributed by atoms with E-state index in [1.807, 2.05) is 6.92 Å². The SMILES string of the molecule is COC(=O)CN(C1CCCCC1NC(=O)OC(C)(C)C)S(=O)(=O)c1ccc(C)cc1. The molecule has 9 heteroatoms. The molecule has 1 aliphatic rings. The lowest BCUT2D eigenvalue weighted by Crippen LogP contribution is -2.56. The zero-order chi connectivity index (χ0) is 22.5. The first-order valence-corrected chi connectivity index (χ1v) is 11.5. The summed E-state index contributed by atoms with van der Waals surface area (Å²) in [4.78, 5) is 24.5. The summed E-state index contributed by atoms with van der Waals surface area (Å²) in [5.74, 6) is -0.660. The summed E-state index contributed by atoms with van der Waals surface area (Å²) in [5, 5.41) is 2.81. The van der Waals surface area contributed by atoms with Crippen LogP contribution in [-0.4, -0.2) is 56.1 Å². The van der Waals surface area contributed by atoms with Gasteiger partial charge in [0.15, 0.2) is 0 Å². The summed E-state index contributed by atoms with van der Waals surface area (Å²) in [6.45, 7) is 6.72. The van der Waals surface area contributed by atoms with Gasteiger partial charge in [-0.05, 0) is 52.7 Å². The molecular weight excluding hydrogens is 408 g/mol. The number of esters is 1. The first-order chi connectivity index (χ1) is 13.9. The Morgan fingerprint density at radius 1 is 1.13 bits per heavy atom. The summed E-state index contributed by atoms with van der Waals surface area (Å²) >= 11 is 0. The normalized spacial score (nSPS) is 19.9. The van der Waals surface area contributed by atoms with Crippen LogP contribution in [0.4, 0.5) is 4.79 Å². The van der Waals surface area contributed by atoms with Gasteiger partial charge in [-0.3, -0.25) is 4.79 Å². The van der Waals surface area contributed by atoms with Gasteiger partial charge in [-0.15, -0.1) is 0 Å². The van der Waals surface area contributed by atoms with Gasteiger partial charge in [0.05, 0.1) is 12.0 Å². The van der Waals surface area contributed by atoms with Crippen molar-refractivity contribution in [3.63, 3.8) is 0 Å². The minimum atomic E-state index is -3.99. The number of ether oxygens (including phenoxy) is 2. The Hall–Kier alpha value is -2.13. The summed E-state index contributed by atoms with van der Waals surface area (Å²) in [6.07, 6.45) is 2.13. The van der Waals surface area contributed by atoms with Gasteiger partial charge in [0.1, 0.15) is 12.1 Å². The highest BCUT2D eigenvalue weighted by Gasteiger charge is 2.40. The highest BCUT2D eigenvalue weighted by molar-refractivity contribution is 7.89. The largest absolute Gasteiger partial charge is 0.468 e. The van der Waals surface area contributed by atoms with E-state index >= 15 is 0 Å². The molecule has 0 bridgehead atoms. The van der Waals surface area contributed by atoms with E-state index < -0.39 is 46.3 Å². The molecule has 1 N–H and O–H groups in total. The number of nitrogens with one attached hydrogen (secondary N) is 1. The molecule has 1 amide bonds. The number of alkyl carbamates (subject to hydrolysis) is 1. The third-order valence-electron chi connectivity index (χ3n) is 4.94. The van der Waals surface area contributed by atoms with Crippen molar-refractivity contribution in [3.05, 3.63) is 29.8 Å². The number of aryl methyl sites for hydroxylation is 1. The van der Waals surface area contributed by atoms with Crippen molar-refractivity contribution in [1.29, 1.82) is 0 Å². The van der Waals surface area contributed by atoms with Crippen molar-refractivity contribution in [3.8, 4) is 0 Å². The Morgan fingerprint density at radius 2 is 1.73 bits per heavy atom. The Bertz CT molecular complexity index is 845. The average Bonchev–Trinajstić information content (AvgIpc) is 2.65. The molecule has 2 unspecified atom stereocenters. The van der Waals surface area contributed by atoms with E-state index in [0.717, 1.165) is 22.7 Å². The smallest absolute Gasteiger partial charge is 0.407 e. The maximum atomic E-state index is 13.4. The molecule has 1 saturated carbocycles. The summed E-state index contributed by atoms with van der Waals surface area (Å²) in [6, 6.07) is 5.40. The summed E-state index contributed by atoms with van der Waals surface area (Å²) < 4.78 is 38.1. The van der Waals surface area contributed by atoms with Crippen LogP contribution in [0, 0.1) is 6.92 Å². The van der Waals surface area contributed by atoms with Crippen LogP contribution in [0.5, 0.6) is 0 Å². The highest BCUT2D eigenvalue weighted by atomic mass is 32.2. The van der Waals surface area contributed by atoms with E-state index in [-0.39, 0.29) is 4.90 Å². The first kappa shape index (κ1) is 24.1. The lowest BCUT2D eigenvalue weighted by molar-refractivity contribution is -0.141. The number of hydrogen-bond acceptors (Lipinski definition) is 6. The van der Waals surface area contributed by atoms with Gasteiger partial charge in [0, 0.05) is 12.1 Å².